The normalized spacial score (nSPS) is 19.0. The Labute approximate surface area is 187 Å². The molecule has 0 aliphatic carbocycles. The molecule has 1 radical (unpaired) electrons. The minimum Gasteiger partial charge on any atom is -0.329 e. The van der Waals surface area contributed by atoms with Crippen LogP contribution in [0.15, 0.2) is 0 Å². The van der Waals surface area contributed by atoms with Gasteiger partial charge in [-0.05, 0) is 26.2 Å². The molecule has 3 N–H and O–H groups in total. The Hall–Kier alpha value is -1.03. The van der Waals surface area contributed by atoms with Crippen LogP contribution in [-0.4, -0.2) is 60.5 Å². The summed E-state index contributed by atoms with van der Waals surface area (Å²) in [5.74, 6) is -32.9. The van der Waals surface area contributed by atoms with Gasteiger partial charge in [-0.3, -0.25) is 0 Å². The summed E-state index contributed by atoms with van der Waals surface area (Å²) >= 11 is 0. The topological polar surface area (TPSA) is 58.0 Å². The molecule has 0 aliphatic rings. The molecule has 0 saturated heterocycles. The first-order chi connectivity index (χ1) is 14.9. The molecule has 0 aromatic heterocycles. The van der Waals surface area contributed by atoms with Gasteiger partial charge < -0.3 is 11.1 Å². The highest BCUT2D eigenvalue weighted by molar-refractivity contribution is 5.10. The van der Waals surface area contributed by atoms with Crippen LogP contribution < -0.4 is 11.1 Å². The summed E-state index contributed by atoms with van der Waals surface area (Å²) in [6.45, 7) is 1.58. The van der Waals surface area contributed by atoms with Crippen molar-refractivity contribution in [3.8, 4) is 0 Å². The Morgan fingerprint density at radius 1 is 0.735 bits per heavy atom. The molecule has 3 nitrogen and oxygen atoms in total. The van der Waals surface area contributed by atoms with Crippen molar-refractivity contribution in [3.63, 3.8) is 0 Å². The minimum atomic E-state index is -7.15. The first kappa shape index (κ1) is 33.0. The summed E-state index contributed by atoms with van der Waals surface area (Å²) in [4.78, 5) is 0. The third-order valence-electron chi connectivity index (χ3n) is 5.26. The SMILES string of the molecule is CCCC(CCC(C)(F)C(F)(F)C(F)(F)C(F)(F)C(F)(F)CCC([O])(F)C(F)(F)F)NCCN. The van der Waals surface area contributed by atoms with Crippen molar-refractivity contribution in [1.29, 1.82) is 0 Å². The van der Waals surface area contributed by atoms with Crippen LogP contribution in [0.1, 0.15) is 52.4 Å². The highest BCUT2D eigenvalue weighted by Gasteiger charge is 2.84. The van der Waals surface area contributed by atoms with Crippen LogP contribution in [0.5, 0.6) is 0 Å². The van der Waals surface area contributed by atoms with Crippen LogP contribution >= 0.6 is 0 Å². The number of hydrogen-bond acceptors (Lipinski definition) is 2. The average Bonchev–Trinajstić information content (AvgIpc) is 2.67. The van der Waals surface area contributed by atoms with Gasteiger partial charge in [0, 0.05) is 32.0 Å². The third kappa shape index (κ3) is 6.80. The molecule has 0 spiro atoms. The van der Waals surface area contributed by atoms with Crippen molar-refractivity contribution in [2.24, 2.45) is 5.73 Å². The van der Waals surface area contributed by atoms with E-state index in [1.54, 1.807) is 6.92 Å². The number of hydrogen-bond donors (Lipinski definition) is 2. The van der Waals surface area contributed by atoms with E-state index in [2.05, 4.69) is 5.32 Å². The third-order valence-corrected chi connectivity index (χ3v) is 5.26. The summed E-state index contributed by atoms with van der Waals surface area (Å²) in [6.07, 6.45) is -14.0. The maximum atomic E-state index is 14.6. The molecule has 0 aliphatic heterocycles. The standard InChI is InChI=1S/C18H26F13N2O/c1-3-4-11(33-10-9-32)5-6-12(2,19)15(23,24)17(27,28)16(25,26)13(20,21)7-8-14(22,34)18(29,30)31/h11,33H,3-10,32H2,1-2H3. The molecule has 0 amide bonds. The second-order valence-corrected chi connectivity index (χ2v) is 8.12. The number of rotatable bonds is 15. The maximum Gasteiger partial charge on any atom is 0.451 e. The van der Waals surface area contributed by atoms with E-state index in [9.17, 15) is 62.2 Å². The van der Waals surface area contributed by atoms with Gasteiger partial charge in [-0.25, -0.2) is 4.39 Å². The van der Waals surface area contributed by atoms with E-state index in [1.807, 2.05) is 0 Å². The van der Waals surface area contributed by atoms with Crippen LogP contribution in [0, 0.1) is 0 Å². The lowest BCUT2D eigenvalue weighted by atomic mass is 9.83. The van der Waals surface area contributed by atoms with Gasteiger partial charge in [0.15, 0.2) is 5.67 Å². The number of halogens is 13. The van der Waals surface area contributed by atoms with Crippen molar-refractivity contribution < 1.29 is 62.2 Å². The van der Waals surface area contributed by atoms with Crippen molar-refractivity contribution in [3.05, 3.63) is 0 Å². The van der Waals surface area contributed by atoms with Gasteiger partial charge in [0.2, 0.25) is 0 Å². The van der Waals surface area contributed by atoms with Crippen molar-refractivity contribution in [2.75, 3.05) is 13.1 Å². The molecular formula is C18H26F13N2O. The summed E-state index contributed by atoms with van der Waals surface area (Å²) in [6, 6.07) is -0.757. The largest absolute Gasteiger partial charge is 0.451 e. The molecule has 3 atom stereocenters. The Bertz CT molecular complexity index is 636. The zero-order chi connectivity index (χ0) is 27.4. The number of nitrogens with two attached hydrogens (primary N) is 1. The van der Waals surface area contributed by atoms with E-state index in [1.165, 1.54) is 0 Å². The second-order valence-electron chi connectivity index (χ2n) is 8.12. The van der Waals surface area contributed by atoms with E-state index < -0.39 is 73.1 Å². The molecule has 0 heterocycles. The van der Waals surface area contributed by atoms with Crippen LogP contribution in [0.2, 0.25) is 0 Å². The monoisotopic (exact) mass is 533 g/mol. The first-order valence-corrected chi connectivity index (χ1v) is 10.0. The Morgan fingerprint density at radius 2 is 1.24 bits per heavy atom. The molecule has 0 saturated carbocycles. The molecule has 0 aromatic rings. The van der Waals surface area contributed by atoms with Crippen LogP contribution in [0.25, 0.3) is 0 Å². The molecule has 0 aromatic carbocycles. The van der Waals surface area contributed by atoms with Gasteiger partial charge in [-0.15, -0.1) is 0 Å². The summed E-state index contributed by atoms with van der Waals surface area (Å²) < 4.78 is 176. The lowest BCUT2D eigenvalue weighted by Gasteiger charge is -2.42. The number of alkyl halides is 13. The average molecular weight is 533 g/mol. The maximum absolute atomic E-state index is 14.6. The molecule has 205 valence electrons. The van der Waals surface area contributed by atoms with Gasteiger partial charge in [0.25, 0.3) is 0 Å². The fourth-order valence-electron chi connectivity index (χ4n) is 2.96. The van der Waals surface area contributed by atoms with Crippen LogP contribution in [-0.2, 0) is 5.11 Å². The predicted molar refractivity (Wildman–Crippen MR) is 94.1 cm³/mol. The fourth-order valence-corrected chi connectivity index (χ4v) is 2.96. The van der Waals surface area contributed by atoms with E-state index in [0.717, 1.165) is 0 Å². The Balaban J connectivity index is 5.82. The summed E-state index contributed by atoms with van der Waals surface area (Å²) in [5.41, 5.74) is 0.744. The summed E-state index contributed by atoms with van der Waals surface area (Å²) in [5, 5.41) is 13.3. The molecule has 3 unspecified atom stereocenters. The highest BCUT2D eigenvalue weighted by atomic mass is 19.4. The van der Waals surface area contributed by atoms with E-state index >= 15 is 0 Å². The first-order valence-electron chi connectivity index (χ1n) is 10.0. The molecular weight excluding hydrogens is 507 g/mol. The quantitative estimate of drug-likeness (QED) is 0.247. The molecule has 16 heteroatoms. The van der Waals surface area contributed by atoms with Crippen LogP contribution in [0.4, 0.5) is 57.1 Å². The zero-order valence-electron chi connectivity index (χ0n) is 18.1. The smallest absolute Gasteiger partial charge is 0.329 e. The fraction of sp³-hybridized carbons (Fsp3) is 1.00. The van der Waals surface area contributed by atoms with Crippen molar-refractivity contribution in [1.82, 2.24) is 5.32 Å². The van der Waals surface area contributed by atoms with E-state index in [4.69, 9.17) is 5.73 Å². The molecule has 0 fully saturated rings. The molecule has 0 bridgehead atoms. The van der Waals surface area contributed by atoms with Crippen LogP contribution in [0.3, 0.4) is 0 Å². The lowest BCUT2D eigenvalue weighted by molar-refractivity contribution is -0.392. The second kappa shape index (κ2) is 10.9. The molecule has 0 rings (SSSR count). The predicted octanol–water partition coefficient (Wildman–Crippen LogP) is 6.19. The van der Waals surface area contributed by atoms with Gasteiger partial charge in [0.1, 0.15) is 0 Å². The van der Waals surface area contributed by atoms with Gasteiger partial charge >= 0.3 is 35.7 Å². The molecule has 34 heavy (non-hydrogen) atoms. The Morgan fingerprint density at radius 3 is 1.65 bits per heavy atom. The van der Waals surface area contributed by atoms with Gasteiger partial charge in [0.05, 0.1) is 0 Å². The minimum absolute atomic E-state index is 0.0561. The van der Waals surface area contributed by atoms with Gasteiger partial charge in [-0.1, -0.05) is 13.3 Å². The van der Waals surface area contributed by atoms with Crippen molar-refractivity contribution >= 4 is 0 Å². The van der Waals surface area contributed by atoms with Gasteiger partial charge in [-0.2, -0.15) is 57.8 Å². The van der Waals surface area contributed by atoms with Crippen molar-refractivity contribution in [2.45, 2.75) is 99.8 Å². The van der Waals surface area contributed by atoms with E-state index in [-0.39, 0.29) is 26.4 Å². The summed E-state index contributed by atoms with van der Waals surface area (Å²) in [7, 11) is 0. The highest BCUT2D eigenvalue weighted by Crippen LogP contribution is 2.58. The van der Waals surface area contributed by atoms with E-state index in [0.29, 0.717) is 6.42 Å². The lowest BCUT2D eigenvalue weighted by Crippen LogP contribution is -2.67. The zero-order valence-corrected chi connectivity index (χ0v) is 18.1. The number of nitrogens with one attached hydrogen (secondary N) is 1. The Kier molecular flexibility index (Phi) is 10.6.